The third kappa shape index (κ3) is 6.74. The van der Waals surface area contributed by atoms with Crippen molar-refractivity contribution in [3.8, 4) is 11.5 Å². The van der Waals surface area contributed by atoms with Gasteiger partial charge in [0.15, 0.2) is 0 Å². The normalized spacial score (nSPS) is 16.3. The number of hydrogen-bond donors (Lipinski definition) is 1. The van der Waals surface area contributed by atoms with E-state index in [0.717, 1.165) is 43.3 Å². The Labute approximate surface area is 213 Å². The van der Waals surface area contributed by atoms with Crippen LogP contribution in [0.5, 0.6) is 11.5 Å². The number of ether oxygens (including phenoxy) is 3. The molecule has 7 nitrogen and oxygen atoms in total. The average molecular weight is 492 g/mol. The molecule has 1 aliphatic rings. The highest BCUT2D eigenvalue weighted by Gasteiger charge is 2.24. The van der Waals surface area contributed by atoms with Crippen LogP contribution >= 0.6 is 0 Å². The van der Waals surface area contributed by atoms with Crippen molar-refractivity contribution in [1.82, 2.24) is 15.2 Å². The fourth-order valence-corrected chi connectivity index (χ4v) is 4.52. The van der Waals surface area contributed by atoms with E-state index >= 15 is 0 Å². The van der Waals surface area contributed by atoms with Gasteiger partial charge in [-0.15, -0.1) is 0 Å². The smallest absolute Gasteiger partial charge is 0.270 e. The van der Waals surface area contributed by atoms with Crippen molar-refractivity contribution in [1.29, 1.82) is 0 Å². The molecule has 0 bridgehead atoms. The van der Waals surface area contributed by atoms with Crippen molar-refractivity contribution in [2.45, 2.75) is 51.8 Å². The Morgan fingerprint density at radius 3 is 2.69 bits per heavy atom. The van der Waals surface area contributed by atoms with Crippen molar-refractivity contribution in [2.75, 3.05) is 33.4 Å². The second-order valence-corrected chi connectivity index (χ2v) is 9.53. The van der Waals surface area contributed by atoms with Gasteiger partial charge in [-0.3, -0.25) is 9.69 Å². The monoisotopic (exact) mass is 491 g/mol. The lowest BCUT2D eigenvalue weighted by molar-refractivity contribution is 0.0881. The summed E-state index contributed by atoms with van der Waals surface area (Å²) < 4.78 is 17.4. The predicted molar refractivity (Wildman–Crippen MR) is 142 cm³/mol. The highest BCUT2D eigenvalue weighted by molar-refractivity contribution is 5.98. The summed E-state index contributed by atoms with van der Waals surface area (Å²) in [5.41, 5.74) is 2.02. The molecule has 1 saturated heterocycles. The van der Waals surface area contributed by atoms with Crippen molar-refractivity contribution >= 4 is 16.8 Å². The van der Waals surface area contributed by atoms with Crippen molar-refractivity contribution in [3.63, 3.8) is 0 Å². The Kier molecular flexibility index (Phi) is 9.14. The van der Waals surface area contributed by atoms with Crippen molar-refractivity contribution in [2.24, 2.45) is 0 Å². The second-order valence-electron chi connectivity index (χ2n) is 9.53. The first-order valence-electron chi connectivity index (χ1n) is 12.8. The first kappa shape index (κ1) is 25.9. The number of carbonyl (C=O) groups excluding carboxylic acids is 1. The summed E-state index contributed by atoms with van der Waals surface area (Å²) in [4.78, 5) is 20.5. The number of fused-ring (bicyclic) bond motifs is 1. The number of para-hydroxylation sites is 1. The van der Waals surface area contributed by atoms with Crippen LogP contribution in [-0.4, -0.2) is 61.3 Å². The van der Waals surface area contributed by atoms with Crippen LogP contribution in [-0.2, 0) is 11.3 Å². The Hall–Kier alpha value is -3.16. The van der Waals surface area contributed by atoms with Crippen molar-refractivity contribution in [3.05, 3.63) is 65.9 Å². The van der Waals surface area contributed by atoms with Crippen LogP contribution in [0.3, 0.4) is 0 Å². The summed E-state index contributed by atoms with van der Waals surface area (Å²) in [6.07, 6.45) is 2.78. The molecule has 1 N–H and O–H groups in total. The molecule has 0 unspecified atom stereocenters. The standard InChI is InChI=1S/C29H37N3O4/c1-21(2)32-15-8-12-23(19-32)30-29(33)25-18-27(35-17-9-16-34-3)24-13-7-14-26(28(24)31-25)36-20-22-10-5-4-6-11-22/h4-7,10-11,13-14,18,21,23H,8-9,12,15-17,19-20H2,1-3H3,(H,30,33)/t23-/m1/s1. The third-order valence-corrected chi connectivity index (χ3v) is 6.50. The number of methoxy groups -OCH3 is 1. The SMILES string of the molecule is COCCCOc1cc(C(=O)N[C@@H]2CCCN(C(C)C)C2)nc2c(OCc3ccccc3)cccc12. The number of nitrogens with one attached hydrogen (secondary N) is 1. The lowest BCUT2D eigenvalue weighted by Gasteiger charge is -2.35. The first-order valence-corrected chi connectivity index (χ1v) is 12.8. The Morgan fingerprint density at radius 2 is 1.92 bits per heavy atom. The van der Waals surface area contributed by atoms with Crippen LogP contribution in [0.4, 0.5) is 0 Å². The minimum absolute atomic E-state index is 0.0989. The summed E-state index contributed by atoms with van der Waals surface area (Å²) >= 11 is 0. The number of rotatable bonds is 11. The van der Waals surface area contributed by atoms with Gasteiger partial charge in [-0.25, -0.2) is 4.98 Å². The Morgan fingerprint density at radius 1 is 1.08 bits per heavy atom. The maximum absolute atomic E-state index is 13.3. The fourth-order valence-electron chi connectivity index (χ4n) is 4.52. The molecule has 0 radical (unpaired) electrons. The van der Waals surface area contributed by atoms with E-state index in [2.05, 4.69) is 24.1 Å². The van der Waals surface area contributed by atoms with Crippen LogP contribution in [0.1, 0.15) is 49.2 Å². The van der Waals surface area contributed by atoms with Gasteiger partial charge in [0.1, 0.15) is 29.3 Å². The molecule has 4 rings (SSSR count). The zero-order chi connectivity index (χ0) is 25.3. The maximum Gasteiger partial charge on any atom is 0.270 e. The number of piperidine rings is 1. The molecule has 1 fully saturated rings. The molecular weight excluding hydrogens is 454 g/mol. The number of hydrogen-bond acceptors (Lipinski definition) is 6. The lowest BCUT2D eigenvalue weighted by Crippen LogP contribution is -2.49. The molecule has 3 aromatic rings. The number of nitrogens with zero attached hydrogens (tertiary/aromatic N) is 2. The highest BCUT2D eigenvalue weighted by atomic mass is 16.5. The van der Waals surface area contributed by atoms with Gasteiger partial charge < -0.3 is 19.5 Å². The number of pyridine rings is 1. The van der Waals surface area contributed by atoms with E-state index in [1.54, 1.807) is 13.2 Å². The Balaban J connectivity index is 1.60. The van der Waals surface area contributed by atoms with Gasteiger partial charge >= 0.3 is 0 Å². The van der Waals surface area contributed by atoms with Crippen LogP contribution in [0.15, 0.2) is 54.6 Å². The van der Waals surface area contributed by atoms with Crippen LogP contribution in [0, 0.1) is 0 Å². The molecule has 7 heteroatoms. The van der Waals surface area contributed by atoms with E-state index in [1.807, 2.05) is 48.5 Å². The van der Waals surface area contributed by atoms with E-state index in [-0.39, 0.29) is 11.9 Å². The molecule has 192 valence electrons. The van der Waals surface area contributed by atoms with Crippen LogP contribution in [0.25, 0.3) is 10.9 Å². The van der Waals surface area contributed by atoms with E-state index in [4.69, 9.17) is 19.2 Å². The van der Waals surface area contributed by atoms with E-state index in [0.29, 0.717) is 48.6 Å². The topological polar surface area (TPSA) is 72.9 Å². The molecule has 1 aliphatic heterocycles. The summed E-state index contributed by atoms with van der Waals surface area (Å²) in [5.74, 6) is 1.06. The van der Waals surface area contributed by atoms with Crippen LogP contribution in [0.2, 0.25) is 0 Å². The van der Waals surface area contributed by atoms with Gasteiger partial charge in [0.25, 0.3) is 5.91 Å². The summed E-state index contributed by atoms with van der Waals surface area (Å²) in [5, 5.41) is 4.02. The third-order valence-electron chi connectivity index (χ3n) is 6.50. The van der Waals surface area contributed by atoms with E-state index in [9.17, 15) is 4.79 Å². The largest absolute Gasteiger partial charge is 0.493 e. The van der Waals surface area contributed by atoms with Gasteiger partial charge in [-0.05, 0) is 50.9 Å². The van der Waals surface area contributed by atoms with Gasteiger partial charge in [0, 0.05) is 50.2 Å². The minimum Gasteiger partial charge on any atom is -0.493 e. The Bertz CT molecular complexity index is 1140. The summed E-state index contributed by atoms with van der Waals surface area (Å²) in [6, 6.07) is 18.1. The second kappa shape index (κ2) is 12.7. The molecule has 1 amide bonds. The van der Waals surface area contributed by atoms with Crippen LogP contribution < -0.4 is 14.8 Å². The maximum atomic E-state index is 13.3. The summed E-state index contributed by atoms with van der Waals surface area (Å²) in [7, 11) is 1.67. The quantitative estimate of drug-likeness (QED) is 0.387. The molecule has 2 heterocycles. The zero-order valence-corrected chi connectivity index (χ0v) is 21.5. The fraction of sp³-hybridized carbons (Fsp3) is 0.448. The van der Waals surface area contributed by atoms with Gasteiger partial charge in [0.05, 0.1) is 6.61 Å². The highest BCUT2D eigenvalue weighted by Crippen LogP contribution is 2.32. The first-order chi connectivity index (χ1) is 17.5. The van der Waals surface area contributed by atoms with Gasteiger partial charge in [-0.1, -0.05) is 36.4 Å². The predicted octanol–water partition coefficient (Wildman–Crippen LogP) is 4.83. The molecule has 1 aromatic heterocycles. The number of benzene rings is 2. The van der Waals surface area contributed by atoms with Crippen molar-refractivity contribution < 1.29 is 19.0 Å². The number of amides is 1. The molecular formula is C29H37N3O4. The van der Waals surface area contributed by atoms with E-state index in [1.165, 1.54) is 0 Å². The number of aromatic nitrogens is 1. The molecule has 2 aromatic carbocycles. The summed E-state index contributed by atoms with van der Waals surface area (Å²) in [6.45, 7) is 7.81. The zero-order valence-electron chi connectivity index (χ0n) is 21.5. The average Bonchev–Trinajstić information content (AvgIpc) is 2.90. The lowest BCUT2D eigenvalue weighted by atomic mass is 10.0. The van der Waals surface area contributed by atoms with Gasteiger partial charge in [0.2, 0.25) is 0 Å². The molecule has 0 aliphatic carbocycles. The van der Waals surface area contributed by atoms with E-state index < -0.39 is 0 Å². The molecule has 1 atom stereocenters. The number of likely N-dealkylation sites (tertiary alicyclic amines) is 1. The molecule has 0 saturated carbocycles. The van der Waals surface area contributed by atoms with Gasteiger partial charge in [-0.2, -0.15) is 0 Å². The molecule has 0 spiro atoms. The minimum atomic E-state index is -0.188. The molecule has 36 heavy (non-hydrogen) atoms. The number of carbonyl (C=O) groups is 1.